The zero-order chi connectivity index (χ0) is 16.6. The number of hydrogen-bond acceptors (Lipinski definition) is 4. The minimum Gasteiger partial charge on any atom is -0.339 e. The highest BCUT2D eigenvalue weighted by Crippen LogP contribution is 2.37. The molecule has 0 unspecified atom stereocenters. The Hall–Kier alpha value is -1.72. The van der Waals surface area contributed by atoms with E-state index in [9.17, 15) is 4.79 Å². The summed E-state index contributed by atoms with van der Waals surface area (Å²) in [4.78, 5) is 19.4. The number of carbonyl (C=O) groups is 1. The molecule has 4 nitrogen and oxygen atoms in total. The maximum absolute atomic E-state index is 12.9. The molecule has 4 rings (SSSR count). The van der Waals surface area contributed by atoms with Crippen molar-refractivity contribution in [2.75, 3.05) is 26.2 Å². The number of nitrogens with zero attached hydrogens (tertiary/aromatic N) is 2. The summed E-state index contributed by atoms with van der Waals surface area (Å²) in [6.07, 6.45) is 3.50. The molecule has 2 aromatic rings. The van der Waals surface area contributed by atoms with Gasteiger partial charge >= 0.3 is 0 Å². The van der Waals surface area contributed by atoms with Crippen molar-refractivity contribution in [1.82, 2.24) is 15.2 Å². The second-order valence-electron chi connectivity index (χ2n) is 7.05. The van der Waals surface area contributed by atoms with Gasteiger partial charge in [-0.1, -0.05) is 12.1 Å². The van der Waals surface area contributed by atoms with Crippen LogP contribution in [0.3, 0.4) is 0 Å². The standard InChI is InChI=1S/C19H23N3OS/c1-14-21-17(12-24-14)15-3-2-4-16(11-15)18(23)22-9-6-19(7-10-22)5-8-20-13-19/h2-4,11-12,20H,5-10,13H2,1H3. The lowest BCUT2D eigenvalue weighted by Gasteiger charge is -2.39. The quantitative estimate of drug-likeness (QED) is 0.911. The topological polar surface area (TPSA) is 45.2 Å². The molecule has 1 aromatic carbocycles. The maximum atomic E-state index is 12.9. The third-order valence-corrected chi connectivity index (χ3v) is 6.24. The van der Waals surface area contributed by atoms with Crippen LogP contribution in [0.5, 0.6) is 0 Å². The van der Waals surface area contributed by atoms with Gasteiger partial charge in [-0.25, -0.2) is 4.98 Å². The summed E-state index contributed by atoms with van der Waals surface area (Å²) in [5.41, 5.74) is 3.20. The minimum absolute atomic E-state index is 0.157. The predicted octanol–water partition coefficient (Wildman–Crippen LogP) is 3.33. The summed E-state index contributed by atoms with van der Waals surface area (Å²) in [6, 6.07) is 7.90. The average molecular weight is 341 g/mol. The van der Waals surface area contributed by atoms with Gasteiger partial charge in [0.15, 0.2) is 0 Å². The number of carbonyl (C=O) groups excluding carboxylic acids is 1. The molecule has 5 heteroatoms. The van der Waals surface area contributed by atoms with Crippen LogP contribution < -0.4 is 5.32 Å². The number of aromatic nitrogens is 1. The van der Waals surface area contributed by atoms with E-state index in [-0.39, 0.29) is 5.91 Å². The van der Waals surface area contributed by atoms with Gasteiger partial charge in [0.25, 0.3) is 5.91 Å². The van der Waals surface area contributed by atoms with Crippen molar-refractivity contribution in [3.8, 4) is 11.3 Å². The van der Waals surface area contributed by atoms with Crippen molar-refractivity contribution in [2.24, 2.45) is 5.41 Å². The molecule has 0 bridgehead atoms. The molecule has 2 fully saturated rings. The van der Waals surface area contributed by atoms with E-state index in [1.165, 1.54) is 6.42 Å². The highest BCUT2D eigenvalue weighted by Gasteiger charge is 2.38. The Balaban J connectivity index is 1.49. The predicted molar refractivity (Wildman–Crippen MR) is 97.3 cm³/mol. The number of rotatable bonds is 2. The van der Waals surface area contributed by atoms with Gasteiger partial charge in [0.05, 0.1) is 10.7 Å². The Morgan fingerprint density at radius 2 is 2.12 bits per heavy atom. The third-order valence-electron chi connectivity index (χ3n) is 5.47. The van der Waals surface area contributed by atoms with Gasteiger partial charge in [0.2, 0.25) is 0 Å². The van der Waals surface area contributed by atoms with E-state index in [0.717, 1.165) is 60.8 Å². The van der Waals surface area contributed by atoms with E-state index in [1.54, 1.807) is 11.3 Å². The highest BCUT2D eigenvalue weighted by atomic mass is 32.1. The Morgan fingerprint density at radius 1 is 1.29 bits per heavy atom. The molecule has 3 heterocycles. The SMILES string of the molecule is Cc1nc(-c2cccc(C(=O)N3CCC4(CCNC4)CC3)c2)cs1. The first-order valence-corrected chi connectivity index (χ1v) is 9.56. The van der Waals surface area contributed by atoms with E-state index in [4.69, 9.17) is 0 Å². The molecular formula is C19H23N3OS. The van der Waals surface area contributed by atoms with Crippen LogP contribution in [0.4, 0.5) is 0 Å². The van der Waals surface area contributed by atoms with Crippen molar-refractivity contribution >= 4 is 17.2 Å². The molecule has 0 aliphatic carbocycles. The van der Waals surface area contributed by atoms with Gasteiger partial charge in [-0.3, -0.25) is 4.79 Å². The number of amides is 1. The van der Waals surface area contributed by atoms with Crippen molar-refractivity contribution < 1.29 is 4.79 Å². The number of nitrogens with one attached hydrogen (secondary N) is 1. The van der Waals surface area contributed by atoms with Crippen LogP contribution >= 0.6 is 11.3 Å². The van der Waals surface area contributed by atoms with Crippen LogP contribution in [-0.2, 0) is 0 Å². The summed E-state index contributed by atoms with van der Waals surface area (Å²) in [7, 11) is 0. The van der Waals surface area contributed by atoms with Crippen LogP contribution in [0.1, 0.15) is 34.6 Å². The Kier molecular flexibility index (Phi) is 4.14. The van der Waals surface area contributed by atoms with Crippen molar-refractivity contribution in [3.63, 3.8) is 0 Å². The normalized spacial score (nSPS) is 19.8. The summed E-state index contributed by atoms with van der Waals surface area (Å²) in [5.74, 6) is 0.157. The molecular weight excluding hydrogens is 318 g/mol. The fourth-order valence-corrected chi connectivity index (χ4v) is 4.52. The Bertz CT molecular complexity index is 739. The van der Waals surface area contributed by atoms with E-state index >= 15 is 0 Å². The fraction of sp³-hybridized carbons (Fsp3) is 0.474. The number of likely N-dealkylation sites (tertiary alicyclic amines) is 1. The molecule has 24 heavy (non-hydrogen) atoms. The number of thiazole rings is 1. The molecule has 2 saturated heterocycles. The average Bonchev–Trinajstić information content (AvgIpc) is 3.25. The van der Waals surface area contributed by atoms with Crippen molar-refractivity contribution in [3.05, 3.63) is 40.2 Å². The number of aryl methyl sites for hydroxylation is 1. The van der Waals surface area contributed by atoms with Gasteiger partial charge in [0, 0.05) is 36.1 Å². The Labute approximate surface area is 146 Å². The summed E-state index contributed by atoms with van der Waals surface area (Å²) in [6.45, 7) is 6.00. The van der Waals surface area contributed by atoms with Crippen LogP contribution in [-0.4, -0.2) is 42.0 Å². The van der Waals surface area contributed by atoms with Gasteiger partial charge in [-0.15, -0.1) is 11.3 Å². The molecule has 1 amide bonds. The Morgan fingerprint density at radius 3 is 2.79 bits per heavy atom. The molecule has 0 saturated carbocycles. The first kappa shape index (κ1) is 15.8. The first-order chi connectivity index (χ1) is 11.7. The molecule has 0 radical (unpaired) electrons. The van der Waals surface area contributed by atoms with E-state index in [0.29, 0.717) is 5.41 Å². The van der Waals surface area contributed by atoms with E-state index < -0.39 is 0 Å². The van der Waals surface area contributed by atoms with E-state index in [2.05, 4.69) is 15.7 Å². The zero-order valence-electron chi connectivity index (χ0n) is 14.0. The minimum atomic E-state index is 0.157. The molecule has 1 N–H and O–H groups in total. The molecule has 1 spiro atoms. The molecule has 1 aromatic heterocycles. The van der Waals surface area contributed by atoms with Crippen LogP contribution in [0.2, 0.25) is 0 Å². The van der Waals surface area contributed by atoms with Gasteiger partial charge in [-0.2, -0.15) is 0 Å². The summed E-state index contributed by atoms with van der Waals surface area (Å²) >= 11 is 1.64. The molecule has 126 valence electrons. The van der Waals surface area contributed by atoms with Crippen molar-refractivity contribution in [1.29, 1.82) is 0 Å². The smallest absolute Gasteiger partial charge is 0.253 e. The fourth-order valence-electron chi connectivity index (χ4n) is 3.90. The van der Waals surface area contributed by atoms with Crippen LogP contribution in [0.15, 0.2) is 29.6 Å². The van der Waals surface area contributed by atoms with Crippen LogP contribution in [0, 0.1) is 12.3 Å². The number of piperidine rings is 1. The lowest BCUT2D eigenvalue weighted by atomic mass is 9.78. The monoisotopic (exact) mass is 341 g/mol. The van der Waals surface area contributed by atoms with E-state index in [1.807, 2.05) is 36.1 Å². The lowest BCUT2D eigenvalue weighted by Crippen LogP contribution is -2.44. The lowest BCUT2D eigenvalue weighted by molar-refractivity contribution is 0.0608. The number of hydrogen-bond donors (Lipinski definition) is 1. The van der Waals surface area contributed by atoms with Crippen molar-refractivity contribution in [2.45, 2.75) is 26.2 Å². The third kappa shape index (κ3) is 2.98. The van der Waals surface area contributed by atoms with Gasteiger partial charge < -0.3 is 10.2 Å². The maximum Gasteiger partial charge on any atom is 0.253 e. The van der Waals surface area contributed by atoms with Crippen LogP contribution in [0.25, 0.3) is 11.3 Å². The highest BCUT2D eigenvalue weighted by molar-refractivity contribution is 7.09. The first-order valence-electron chi connectivity index (χ1n) is 8.68. The molecule has 0 atom stereocenters. The second kappa shape index (κ2) is 6.30. The summed E-state index contributed by atoms with van der Waals surface area (Å²) in [5, 5.41) is 6.58. The summed E-state index contributed by atoms with van der Waals surface area (Å²) < 4.78 is 0. The van der Waals surface area contributed by atoms with Gasteiger partial charge in [0.1, 0.15) is 0 Å². The van der Waals surface area contributed by atoms with Gasteiger partial charge in [-0.05, 0) is 50.3 Å². The molecule has 2 aliphatic rings. The second-order valence-corrected chi connectivity index (χ2v) is 8.11. The molecule has 2 aliphatic heterocycles. The number of benzene rings is 1. The zero-order valence-corrected chi connectivity index (χ0v) is 14.9. The largest absolute Gasteiger partial charge is 0.339 e.